The maximum Gasteiger partial charge on any atom is 0.332 e. The van der Waals surface area contributed by atoms with Crippen LogP contribution in [0.2, 0.25) is 0 Å². The van der Waals surface area contributed by atoms with Gasteiger partial charge in [0.25, 0.3) is 5.91 Å². The standard InChI is InChI=1S/C22H25N5O3/c1-16-6-8-18(9-7-16)27-17(2)21(29)26(22(27)30)15-20(28)25-13-11-24(12-14-25)19-5-3-4-10-23-19/h3-10,17H,11-15H2,1-2H3. The molecule has 2 aromatic rings. The first-order chi connectivity index (χ1) is 14.5. The molecule has 0 aliphatic carbocycles. The highest BCUT2D eigenvalue weighted by Gasteiger charge is 2.44. The number of aryl methyl sites for hydroxylation is 1. The Bertz CT molecular complexity index is 939. The summed E-state index contributed by atoms with van der Waals surface area (Å²) in [7, 11) is 0. The molecule has 1 aromatic carbocycles. The number of anilines is 2. The van der Waals surface area contributed by atoms with Crippen LogP contribution in [0.25, 0.3) is 0 Å². The van der Waals surface area contributed by atoms with Gasteiger partial charge in [0, 0.05) is 38.1 Å². The molecule has 1 aromatic heterocycles. The molecule has 2 saturated heterocycles. The first-order valence-corrected chi connectivity index (χ1v) is 10.1. The summed E-state index contributed by atoms with van der Waals surface area (Å²) in [5.74, 6) is 0.327. The lowest BCUT2D eigenvalue weighted by molar-refractivity contribution is -0.137. The second-order valence-electron chi connectivity index (χ2n) is 7.64. The van der Waals surface area contributed by atoms with Crippen LogP contribution in [0.15, 0.2) is 48.7 Å². The average molecular weight is 407 g/mol. The Hall–Kier alpha value is -3.42. The molecule has 2 aliphatic heterocycles. The smallest absolute Gasteiger partial charge is 0.332 e. The van der Waals surface area contributed by atoms with Crippen molar-refractivity contribution >= 4 is 29.4 Å². The summed E-state index contributed by atoms with van der Waals surface area (Å²) in [6.07, 6.45) is 1.75. The van der Waals surface area contributed by atoms with Crippen LogP contribution in [0.5, 0.6) is 0 Å². The van der Waals surface area contributed by atoms with Crippen LogP contribution in [0.1, 0.15) is 12.5 Å². The van der Waals surface area contributed by atoms with E-state index in [-0.39, 0.29) is 18.4 Å². The van der Waals surface area contributed by atoms with E-state index in [0.29, 0.717) is 31.9 Å². The van der Waals surface area contributed by atoms with Crippen LogP contribution in [0, 0.1) is 6.92 Å². The molecule has 2 aliphatic rings. The number of hydrogen-bond acceptors (Lipinski definition) is 5. The molecule has 0 bridgehead atoms. The van der Waals surface area contributed by atoms with Crippen molar-refractivity contribution in [1.82, 2.24) is 14.8 Å². The number of pyridine rings is 1. The number of aromatic nitrogens is 1. The fourth-order valence-corrected chi connectivity index (χ4v) is 3.87. The number of benzene rings is 1. The topological polar surface area (TPSA) is 77.1 Å². The zero-order valence-corrected chi connectivity index (χ0v) is 17.2. The van der Waals surface area contributed by atoms with E-state index in [0.717, 1.165) is 16.3 Å². The van der Waals surface area contributed by atoms with Crippen molar-refractivity contribution in [2.24, 2.45) is 0 Å². The lowest BCUT2D eigenvalue weighted by Gasteiger charge is -2.35. The van der Waals surface area contributed by atoms with E-state index < -0.39 is 12.1 Å². The van der Waals surface area contributed by atoms with Gasteiger partial charge in [-0.05, 0) is 38.1 Å². The summed E-state index contributed by atoms with van der Waals surface area (Å²) in [6, 6.07) is 12.1. The van der Waals surface area contributed by atoms with Gasteiger partial charge in [0.15, 0.2) is 0 Å². The molecule has 3 heterocycles. The number of amides is 4. The van der Waals surface area contributed by atoms with Crippen LogP contribution in [-0.2, 0) is 9.59 Å². The minimum absolute atomic E-state index is 0.213. The van der Waals surface area contributed by atoms with Crippen molar-refractivity contribution in [1.29, 1.82) is 0 Å². The van der Waals surface area contributed by atoms with Gasteiger partial charge in [0.05, 0.1) is 0 Å². The Morgan fingerprint density at radius 3 is 2.37 bits per heavy atom. The maximum atomic E-state index is 12.9. The number of urea groups is 1. The summed E-state index contributed by atoms with van der Waals surface area (Å²) in [4.78, 5) is 49.1. The Kier molecular flexibility index (Phi) is 5.39. The molecular formula is C22H25N5O3. The largest absolute Gasteiger partial charge is 0.353 e. The van der Waals surface area contributed by atoms with Crippen molar-refractivity contribution in [2.75, 3.05) is 42.5 Å². The lowest BCUT2D eigenvalue weighted by Crippen LogP contribution is -2.52. The van der Waals surface area contributed by atoms with Crippen molar-refractivity contribution in [3.63, 3.8) is 0 Å². The lowest BCUT2D eigenvalue weighted by atomic mass is 10.2. The third-order valence-electron chi connectivity index (χ3n) is 5.66. The van der Waals surface area contributed by atoms with E-state index in [4.69, 9.17) is 0 Å². The van der Waals surface area contributed by atoms with E-state index in [1.165, 1.54) is 4.90 Å². The highest BCUT2D eigenvalue weighted by molar-refractivity contribution is 6.15. The van der Waals surface area contributed by atoms with E-state index in [1.807, 2.05) is 49.4 Å². The van der Waals surface area contributed by atoms with Crippen molar-refractivity contribution in [2.45, 2.75) is 19.9 Å². The molecule has 1 atom stereocenters. The fraction of sp³-hybridized carbons (Fsp3) is 0.364. The molecule has 30 heavy (non-hydrogen) atoms. The molecule has 8 nitrogen and oxygen atoms in total. The summed E-state index contributed by atoms with van der Waals surface area (Å²) >= 11 is 0. The summed E-state index contributed by atoms with van der Waals surface area (Å²) < 4.78 is 0. The van der Waals surface area contributed by atoms with Crippen LogP contribution in [0.3, 0.4) is 0 Å². The van der Waals surface area contributed by atoms with Gasteiger partial charge >= 0.3 is 6.03 Å². The number of carbonyl (C=O) groups excluding carboxylic acids is 3. The van der Waals surface area contributed by atoms with E-state index in [9.17, 15) is 14.4 Å². The van der Waals surface area contributed by atoms with E-state index in [2.05, 4.69) is 9.88 Å². The molecule has 0 saturated carbocycles. The van der Waals surface area contributed by atoms with Crippen LogP contribution in [-0.4, -0.2) is 71.4 Å². The molecular weight excluding hydrogens is 382 g/mol. The van der Waals surface area contributed by atoms with Crippen LogP contribution >= 0.6 is 0 Å². The highest BCUT2D eigenvalue weighted by Crippen LogP contribution is 2.26. The zero-order chi connectivity index (χ0) is 21.3. The van der Waals surface area contributed by atoms with Gasteiger partial charge in [-0.1, -0.05) is 23.8 Å². The second-order valence-corrected chi connectivity index (χ2v) is 7.64. The fourth-order valence-electron chi connectivity index (χ4n) is 3.87. The predicted molar refractivity (Wildman–Crippen MR) is 113 cm³/mol. The van der Waals surface area contributed by atoms with Gasteiger partial charge in [-0.2, -0.15) is 0 Å². The Morgan fingerprint density at radius 1 is 1.03 bits per heavy atom. The van der Waals surface area contributed by atoms with E-state index >= 15 is 0 Å². The normalized spacial score (nSPS) is 19.6. The maximum absolute atomic E-state index is 12.9. The number of carbonyl (C=O) groups is 3. The second kappa shape index (κ2) is 8.14. The van der Waals surface area contributed by atoms with Gasteiger partial charge in [0.1, 0.15) is 18.4 Å². The SMILES string of the molecule is Cc1ccc(N2C(=O)N(CC(=O)N3CCN(c4ccccn4)CC3)C(=O)C2C)cc1. The van der Waals surface area contributed by atoms with Gasteiger partial charge in [-0.25, -0.2) is 9.78 Å². The average Bonchev–Trinajstić information content (AvgIpc) is 2.98. The summed E-state index contributed by atoms with van der Waals surface area (Å²) in [5, 5.41) is 0. The minimum atomic E-state index is -0.631. The minimum Gasteiger partial charge on any atom is -0.353 e. The summed E-state index contributed by atoms with van der Waals surface area (Å²) in [5.41, 5.74) is 1.73. The van der Waals surface area contributed by atoms with Gasteiger partial charge in [0.2, 0.25) is 5.91 Å². The van der Waals surface area contributed by atoms with Crippen LogP contribution in [0.4, 0.5) is 16.3 Å². The molecule has 4 rings (SSSR count). The predicted octanol–water partition coefficient (Wildman–Crippen LogP) is 1.90. The van der Waals surface area contributed by atoms with Crippen molar-refractivity contribution in [3.8, 4) is 0 Å². The number of hydrogen-bond donors (Lipinski definition) is 0. The quantitative estimate of drug-likeness (QED) is 0.724. The number of rotatable bonds is 4. The Morgan fingerprint density at radius 2 is 1.73 bits per heavy atom. The Balaban J connectivity index is 1.39. The molecule has 1 unspecified atom stereocenters. The molecule has 0 radical (unpaired) electrons. The van der Waals surface area contributed by atoms with Crippen LogP contribution < -0.4 is 9.80 Å². The Labute approximate surface area is 175 Å². The number of imide groups is 1. The monoisotopic (exact) mass is 407 g/mol. The third-order valence-corrected chi connectivity index (χ3v) is 5.66. The third kappa shape index (κ3) is 3.72. The van der Waals surface area contributed by atoms with Gasteiger partial charge < -0.3 is 9.80 Å². The molecule has 0 spiro atoms. The molecule has 8 heteroatoms. The molecule has 156 valence electrons. The van der Waals surface area contributed by atoms with E-state index in [1.54, 1.807) is 18.0 Å². The molecule has 4 amide bonds. The zero-order valence-electron chi connectivity index (χ0n) is 17.2. The summed E-state index contributed by atoms with van der Waals surface area (Å²) in [6.45, 7) is 5.81. The van der Waals surface area contributed by atoms with Crippen molar-refractivity contribution < 1.29 is 14.4 Å². The first kappa shape index (κ1) is 19.9. The highest BCUT2D eigenvalue weighted by atomic mass is 16.2. The molecule has 0 N–H and O–H groups in total. The first-order valence-electron chi connectivity index (χ1n) is 10.1. The molecule has 2 fully saturated rings. The number of piperazine rings is 1. The van der Waals surface area contributed by atoms with Gasteiger partial charge in [-0.3, -0.25) is 19.4 Å². The van der Waals surface area contributed by atoms with Gasteiger partial charge in [-0.15, -0.1) is 0 Å². The van der Waals surface area contributed by atoms with Crippen molar-refractivity contribution in [3.05, 3.63) is 54.2 Å². The number of nitrogens with zero attached hydrogens (tertiary/aromatic N) is 5.